The number of ketones is 1. The van der Waals surface area contributed by atoms with E-state index in [1.807, 2.05) is 6.92 Å². The van der Waals surface area contributed by atoms with Crippen molar-refractivity contribution in [1.82, 2.24) is 0 Å². The standard InChI is InChI=1S/C10H15NO3/c1-4-10(13-5-6-14-10)7-9(11-3)8(2)12/h9H,4-7H2,1-2H3. The Bertz CT molecular complexity index is 251. The molecule has 1 aliphatic rings. The van der Waals surface area contributed by atoms with E-state index in [4.69, 9.17) is 16.0 Å². The monoisotopic (exact) mass is 197 g/mol. The molecule has 14 heavy (non-hydrogen) atoms. The van der Waals surface area contributed by atoms with Gasteiger partial charge in [-0.25, -0.2) is 6.57 Å². The van der Waals surface area contributed by atoms with Gasteiger partial charge in [0.05, 0.1) is 19.6 Å². The quantitative estimate of drug-likeness (QED) is 0.640. The molecule has 0 aliphatic carbocycles. The van der Waals surface area contributed by atoms with Crippen molar-refractivity contribution in [3.8, 4) is 0 Å². The summed E-state index contributed by atoms with van der Waals surface area (Å²) in [5.74, 6) is -0.812. The van der Waals surface area contributed by atoms with Crippen molar-refractivity contribution in [2.75, 3.05) is 13.2 Å². The molecule has 4 nitrogen and oxygen atoms in total. The Morgan fingerprint density at radius 1 is 1.57 bits per heavy atom. The van der Waals surface area contributed by atoms with Gasteiger partial charge < -0.3 is 14.3 Å². The van der Waals surface area contributed by atoms with Gasteiger partial charge in [0.2, 0.25) is 5.78 Å². The summed E-state index contributed by atoms with van der Waals surface area (Å²) in [4.78, 5) is 14.4. The molecule has 0 N–H and O–H groups in total. The Labute approximate surface area is 84.0 Å². The van der Waals surface area contributed by atoms with E-state index >= 15 is 0 Å². The third-order valence-electron chi connectivity index (χ3n) is 2.48. The lowest BCUT2D eigenvalue weighted by Gasteiger charge is -2.25. The van der Waals surface area contributed by atoms with Crippen molar-refractivity contribution in [2.45, 2.75) is 38.5 Å². The summed E-state index contributed by atoms with van der Waals surface area (Å²) in [6.07, 6.45) is 1.02. The molecule has 1 aliphatic heterocycles. The first-order valence-corrected chi connectivity index (χ1v) is 4.78. The van der Waals surface area contributed by atoms with Crippen LogP contribution in [0.3, 0.4) is 0 Å². The summed E-state index contributed by atoms with van der Waals surface area (Å²) in [7, 11) is 0. The first-order chi connectivity index (χ1) is 6.63. The van der Waals surface area contributed by atoms with Crippen LogP contribution in [0.25, 0.3) is 4.85 Å². The molecule has 0 aromatic rings. The zero-order valence-corrected chi connectivity index (χ0v) is 8.58. The second-order valence-corrected chi connectivity index (χ2v) is 3.42. The van der Waals surface area contributed by atoms with Crippen molar-refractivity contribution < 1.29 is 14.3 Å². The van der Waals surface area contributed by atoms with Crippen molar-refractivity contribution in [3.63, 3.8) is 0 Å². The van der Waals surface area contributed by atoms with Crippen LogP contribution in [0.2, 0.25) is 0 Å². The molecule has 1 saturated heterocycles. The Balaban J connectivity index is 2.64. The van der Waals surface area contributed by atoms with Crippen LogP contribution in [0.4, 0.5) is 0 Å². The molecule has 4 heteroatoms. The minimum atomic E-state index is -0.694. The second kappa shape index (κ2) is 4.54. The molecule has 0 saturated carbocycles. The number of hydrogen-bond donors (Lipinski definition) is 0. The van der Waals surface area contributed by atoms with E-state index in [0.29, 0.717) is 26.1 Å². The maximum Gasteiger partial charge on any atom is 0.285 e. The molecular formula is C10H15NO3. The molecule has 1 heterocycles. The molecule has 78 valence electrons. The third-order valence-corrected chi connectivity index (χ3v) is 2.48. The molecule has 1 rings (SSSR count). The van der Waals surface area contributed by atoms with Gasteiger partial charge >= 0.3 is 0 Å². The zero-order chi connectivity index (χ0) is 10.6. The number of ether oxygens (including phenoxy) is 2. The minimum Gasteiger partial charge on any atom is -0.347 e. The van der Waals surface area contributed by atoms with Gasteiger partial charge in [-0.05, 0) is 6.42 Å². The van der Waals surface area contributed by atoms with Crippen LogP contribution >= 0.6 is 0 Å². The number of Topliss-reactive ketones (excluding diaryl/α,β-unsaturated/α-hetero) is 1. The summed E-state index contributed by atoms with van der Waals surface area (Å²) in [5.41, 5.74) is 0. The maximum atomic E-state index is 11.1. The number of hydrogen-bond acceptors (Lipinski definition) is 3. The Hall–Kier alpha value is -0.920. The SMILES string of the molecule is [C-]#[N+]C(CC1(CC)OCCO1)C(C)=O. The van der Waals surface area contributed by atoms with Crippen molar-refractivity contribution in [2.24, 2.45) is 0 Å². The summed E-state index contributed by atoms with van der Waals surface area (Å²) >= 11 is 0. The van der Waals surface area contributed by atoms with Crippen molar-refractivity contribution >= 4 is 5.78 Å². The summed E-state index contributed by atoms with van der Waals surface area (Å²) < 4.78 is 10.9. The fourth-order valence-electron chi connectivity index (χ4n) is 1.54. The van der Waals surface area contributed by atoms with Crippen LogP contribution in [0.15, 0.2) is 0 Å². The van der Waals surface area contributed by atoms with E-state index < -0.39 is 11.8 Å². The summed E-state index contributed by atoms with van der Waals surface area (Å²) in [6.45, 7) is 11.4. The number of nitrogens with zero attached hydrogens (tertiary/aromatic N) is 1. The third kappa shape index (κ3) is 2.31. The fraction of sp³-hybridized carbons (Fsp3) is 0.800. The highest BCUT2D eigenvalue weighted by molar-refractivity contribution is 5.83. The zero-order valence-electron chi connectivity index (χ0n) is 8.58. The van der Waals surface area contributed by atoms with Crippen LogP contribution in [-0.4, -0.2) is 30.8 Å². The summed E-state index contributed by atoms with van der Waals surface area (Å²) in [6, 6.07) is -0.631. The van der Waals surface area contributed by atoms with Crippen LogP contribution in [0.5, 0.6) is 0 Å². The minimum absolute atomic E-state index is 0.119. The lowest BCUT2D eigenvalue weighted by atomic mass is 10.0. The Morgan fingerprint density at radius 3 is 2.50 bits per heavy atom. The Kier molecular flexibility index (Phi) is 3.62. The molecule has 0 spiro atoms. The summed E-state index contributed by atoms with van der Waals surface area (Å²) in [5, 5.41) is 0. The van der Waals surface area contributed by atoms with Crippen LogP contribution in [-0.2, 0) is 14.3 Å². The topological polar surface area (TPSA) is 39.9 Å². The van der Waals surface area contributed by atoms with Gasteiger partial charge in [-0.2, -0.15) is 0 Å². The van der Waals surface area contributed by atoms with Gasteiger partial charge in [0.1, 0.15) is 0 Å². The highest BCUT2D eigenvalue weighted by Crippen LogP contribution is 2.29. The fourth-order valence-corrected chi connectivity index (χ4v) is 1.54. The van der Waals surface area contributed by atoms with Gasteiger partial charge in [-0.3, -0.25) is 4.79 Å². The highest BCUT2D eigenvalue weighted by atomic mass is 16.7. The van der Waals surface area contributed by atoms with Crippen LogP contribution in [0, 0.1) is 6.57 Å². The molecule has 1 unspecified atom stereocenters. The first-order valence-electron chi connectivity index (χ1n) is 4.78. The molecule has 0 radical (unpaired) electrons. The Morgan fingerprint density at radius 2 is 2.14 bits per heavy atom. The second-order valence-electron chi connectivity index (χ2n) is 3.42. The van der Waals surface area contributed by atoms with E-state index in [1.165, 1.54) is 6.92 Å². The molecule has 1 atom stereocenters. The average Bonchev–Trinajstić information content (AvgIpc) is 2.63. The van der Waals surface area contributed by atoms with Crippen LogP contribution < -0.4 is 0 Å². The van der Waals surface area contributed by atoms with E-state index in [1.54, 1.807) is 0 Å². The largest absolute Gasteiger partial charge is 0.347 e. The molecule has 1 fully saturated rings. The number of rotatable bonds is 4. The van der Waals surface area contributed by atoms with Gasteiger partial charge in [0.15, 0.2) is 5.79 Å². The average molecular weight is 197 g/mol. The molecule has 0 amide bonds. The smallest absolute Gasteiger partial charge is 0.285 e. The van der Waals surface area contributed by atoms with E-state index in [9.17, 15) is 4.79 Å². The van der Waals surface area contributed by atoms with E-state index in [2.05, 4.69) is 4.85 Å². The highest BCUT2D eigenvalue weighted by Gasteiger charge is 2.40. The van der Waals surface area contributed by atoms with Crippen molar-refractivity contribution in [3.05, 3.63) is 11.4 Å². The predicted molar refractivity (Wildman–Crippen MR) is 50.6 cm³/mol. The van der Waals surface area contributed by atoms with Gasteiger partial charge in [0, 0.05) is 6.92 Å². The molecular weight excluding hydrogens is 182 g/mol. The van der Waals surface area contributed by atoms with Gasteiger partial charge in [-0.1, -0.05) is 6.92 Å². The van der Waals surface area contributed by atoms with Crippen LogP contribution in [0.1, 0.15) is 26.7 Å². The first kappa shape index (κ1) is 11.2. The van der Waals surface area contributed by atoms with E-state index in [0.717, 1.165) is 0 Å². The van der Waals surface area contributed by atoms with Gasteiger partial charge in [0.25, 0.3) is 6.04 Å². The normalized spacial score (nSPS) is 21.5. The number of carbonyl (C=O) groups excluding carboxylic acids is 1. The predicted octanol–water partition coefficient (Wildman–Crippen LogP) is 1.41. The molecule has 0 aromatic carbocycles. The van der Waals surface area contributed by atoms with Gasteiger partial charge in [-0.15, -0.1) is 0 Å². The lowest BCUT2D eigenvalue weighted by molar-refractivity contribution is -0.167. The number of carbonyl (C=O) groups is 1. The maximum absolute atomic E-state index is 11.1. The molecule has 0 bridgehead atoms. The lowest BCUT2D eigenvalue weighted by Crippen LogP contribution is -2.35. The van der Waals surface area contributed by atoms with Crippen molar-refractivity contribution in [1.29, 1.82) is 0 Å². The molecule has 0 aromatic heterocycles. The van der Waals surface area contributed by atoms with E-state index in [-0.39, 0.29) is 5.78 Å².